The topological polar surface area (TPSA) is 64.2 Å². The maximum Gasteiger partial charge on any atom is 0.258 e. The molecule has 0 aliphatic carbocycles. The van der Waals surface area contributed by atoms with Crippen molar-refractivity contribution in [2.75, 3.05) is 19.8 Å². The van der Waals surface area contributed by atoms with Gasteiger partial charge in [-0.05, 0) is 12.1 Å². The minimum atomic E-state index is -0.148. The number of hydrogen-bond donors (Lipinski definition) is 1. The lowest BCUT2D eigenvalue weighted by molar-refractivity contribution is 0.0828. The van der Waals surface area contributed by atoms with Gasteiger partial charge in [-0.2, -0.15) is 5.10 Å². The molecule has 1 aromatic heterocycles. The number of para-hydroxylation sites is 1. The lowest BCUT2D eigenvalue weighted by Crippen LogP contribution is -2.22. The highest BCUT2D eigenvalue weighted by atomic mass is 16.2. The molecule has 2 N–H and O–H groups in total. The van der Waals surface area contributed by atoms with Crippen LogP contribution in [0.25, 0.3) is 5.69 Å². The van der Waals surface area contributed by atoms with Crippen molar-refractivity contribution in [3.05, 3.63) is 42.1 Å². The fourth-order valence-corrected chi connectivity index (χ4v) is 1.54. The molecule has 0 aliphatic rings. The van der Waals surface area contributed by atoms with Gasteiger partial charge in [0.15, 0.2) is 0 Å². The van der Waals surface area contributed by atoms with Gasteiger partial charge in [0.25, 0.3) is 5.91 Å². The van der Waals surface area contributed by atoms with Gasteiger partial charge in [0.1, 0.15) is 11.4 Å². The van der Waals surface area contributed by atoms with E-state index >= 15 is 0 Å². The standard InChI is InChI=1S/C12H14N4O/c1-15(2)12(17)10-8-14-16(11(10)13)9-6-4-3-5-7-9/h3-8H,13H2,1-2H3. The molecule has 5 nitrogen and oxygen atoms in total. The molecule has 0 atom stereocenters. The van der Waals surface area contributed by atoms with Crippen molar-refractivity contribution in [2.45, 2.75) is 0 Å². The summed E-state index contributed by atoms with van der Waals surface area (Å²) in [4.78, 5) is 13.3. The molecule has 1 amide bonds. The van der Waals surface area contributed by atoms with E-state index in [2.05, 4.69) is 5.10 Å². The van der Waals surface area contributed by atoms with Crippen molar-refractivity contribution < 1.29 is 4.79 Å². The van der Waals surface area contributed by atoms with Crippen LogP contribution in [-0.2, 0) is 0 Å². The Kier molecular flexibility index (Phi) is 2.82. The molecule has 0 fully saturated rings. The first kappa shape index (κ1) is 11.2. The summed E-state index contributed by atoms with van der Waals surface area (Å²) < 4.78 is 1.55. The number of hydrogen-bond acceptors (Lipinski definition) is 3. The first-order valence-electron chi connectivity index (χ1n) is 5.22. The van der Waals surface area contributed by atoms with Gasteiger partial charge >= 0.3 is 0 Å². The second-order valence-electron chi connectivity index (χ2n) is 3.89. The third-order valence-electron chi connectivity index (χ3n) is 2.44. The van der Waals surface area contributed by atoms with Crippen molar-refractivity contribution in [1.82, 2.24) is 14.7 Å². The summed E-state index contributed by atoms with van der Waals surface area (Å²) in [6.45, 7) is 0. The van der Waals surface area contributed by atoms with Crippen molar-refractivity contribution in [3.8, 4) is 5.69 Å². The fourth-order valence-electron chi connectivity index (χ4n) is 1.54. The molecular weight excluding hydrogens is 216 g/mol. The van der Waals surface area contributed by atoms with E-state index in [-0.39, 0.29) is 5.91 Å². The van der Waals surface area contributed by atoms with Gasteiger partial charge in [0, 0.05) is 14.1 Å². The zero-order valence-electron chi connectivity index (χ0n) is 9.79. The first-order chi connectivity index (χ1) is 8.11. The number of benzene rings is 1. The minimum Gasteiger partial charge on any atom is -0.383 e. The van der Waals surface area contributed by atoms with Gasteiger partial charge in [0.05, 0.1) is 11.9 Å². The Balaban J connectivity index is 2.44. The second kappa shape index (κ2) is 4.29. The first-order valence-corrected chi connectivity index (χ1v) is 5.22. The fraction of sp³-hybridized carbons (Fsp3) is 0.167. The summed E-state index contributed by atoms with van der Waals surface area (Å²) in [6.07, 6.45) is 1.49. The van der Waals surface area contributed by atoms with Gasteiger partial charge in [0.2, 0.25) is 0 Å². The number of carbonyl (C=O) groups is 1. The molecule has 88 valence electrons. The van der Waals surface area contributed by atoms with E-state index in [9.17, 15) is 4.79 Å². The second-order valence-corrected chi connectivity index (χ2v) is 3.89. The Morgan fingerprint density at radius 1 is 1.29 bits per heavy atom. The van der Waals surface area contributed by atoms with Crippen molar-refractivity contribution in [1.29, 1.82) is 0 Å². The predicted octanol–water partition coefficient (Wildman–Crippen LogP) is 1.16. The SMILES string of the molecule is CN(C)C(=O)c1cnn(-c2ccccc2)c1N. The van der Waals surface area contributed by atoms with Crippen LogP contribution in [0.3, 0.4) is 0 Å². The molecular formula is C12H14N4O. The van der Waals surface area contributed by atoms with E-state index in [0.29, 0.717) is 11.4 Å². The highest BCUT2D eigenvalue weighted by molar-refractivity contribution is 5.98. The monoisotopic (exact) mass is 230 g/mol. The Hall–Kier alpha value is -2.30. The number of rotatable bonds is 2. The Morgan fingerprint density at radius 3 is 2.53 bits per heavy atom. The molecule has 2 rings (SSSR count). The van der Waals surface area contributed by atoms with Crippen LogP contribution in [0.15, 0.2) is 36.5 Å². The summed E-state index contributed by atoms with van der Waals surface area (Å²) in [6, 6.07) is 9.46. The molecule has 0 saturated carbocycles. The maximum absolute atomic E-state index is 11.8. The predicted molar refractivity (Wildman–Crippen MR) is 66.0 cm³/mol. The van der Waals surface area contributed by atoms with Crippen LogP contribution in [0.5, 0.6) is 0 Å². The molecule has 0 radical (unpaired) electrons. The van der Waals surface area contributed by atoms with Crippen molar-refractivity contribution >= 4 is 11.7 Å². The van der Waals surface area contributed by atoms with Gasteiger partial charge in [-0.15, -0.1) is 0 Å². The zero-order valence-corrected chi connectivity index (χ0v) is 9.79. The highest BCUT2D eigenvalue weighted by Gasteiger charge is 2.17. The van der Waals surface area contributed by atoms with Crippen LogP contribution in [-0.4, -0.2) is 34.7 Å². The van der Waals surface area contributed by atoms with Crippen LogP contribution in [0.1, 0.15) is 10.4 Å². The lowest BCUT2D eigenvalue weighted by Gasteiger charge is -2.09. The largest absolute Gasteiger partial charge is 0.383 e. The highest BCUT2D eigenvalue weighted by Crippen LogP contribution is 2.17. The maximum atomic E-state index is 11.8. The molecule has 1 aromatic carbocycles. The molecule has 0 saturated heterocycles. The normalized spacial score (nSPS) is 10.2. The number of nitrogens with zero attached hydrogens (tertiary/aromatic N) is 3. The summed E-state index contributed by atoms with van der Waals surface area (Å²) in [5.41, 5.74) is 7.18. The summed E-state index contributed by atoms with van der Waals surface area (Å²) in [7, 11) is 3.36. The van der Waals surface area contributed by atoms with Crippen LogP contribution in [0.2, 0.25) is 0 Å². The molecule has 1 heterocycles. The summed E-state index contributed by atoms with van der Waals surface area (Å²) >= 11 is 0. The van der Waals surface area contributed by atoms with Crippen LogP contribution in [0, 0.1) is 0 Å². The van der Waals surface area contributed by atoms with E-state index in [1.54, 1.807) is 18.8 Å². The van der Waals surface area contributed by atoms with Gasteiger partial charge in [-0.1, -0.05) is 18.2 Å². The Bertz CT molecular complexity index is 531. The third-order valence-corrected chi connectivity index (χ3v) is 2.44. The molecule has 2 aromatic rings. The minimum absolute atomic E-state index is 0.148. The Labute approximate surface area is 99.5 Å². The Morgan fingerprint density at radius 2 is 1.94 bits per heavy atom. The average Bonchev–Trinajstić information content (AvgIpc) is 2.71. The number of nitrogens with two attached hydrogens (primary N) is 1. The van der Waals surface area contributed by atoms with Gasteiger partial charge in [-0.25, -0.2) is 4.68 Å². The van der Waals surface area contributed by atoms with Crippen LogP contribution < -0.4 is 5.73 Å². The van der Waals surface area contributed by atoms with Crippen molar-refractivity contribution in [2.24, 2.45) is 0 Å². The molecule has 0 unspecified atom stereocenters. The van der Waals surface area contributed by atoms with E-state index in [1.807, 2.05) is 30.3 Å². The number of carbonyl (C=O) groups excluding carboxylic acids is 1. The number of amides is 1. The zero-order chi connectivity index (χ0) is 12.4. The quantitative estimate of drug-likeness (QED) is 0.841. The van der Waals surface area contributed by atoms with E-state index < -0.39 is 0 Å². The number of anilines is 1. The van der Waals surface area contributed by atoms with Crippen molar-refractivity contribution in [3.63, 3.8) is 0 Å². The van der Waals surface area contributed by atoms with E-state index in [0.717, 1.165) is 5.69 Å². The summed E-state index contributed by atoms with van der Waals surface area (Å²) in [5, 5.41) is 4.13. The van der Waals surface area contributed by atoms with E-state index in [4.69, 9.17) is 5.73 Å². The van der Waals surface area contributed by atoms with Gasteiger partial charge in [-0.3, -0.25) is 4.79 Å². The van der Waals surface area contributed by atoms with E-state index in [1.165, 1.54) is 11.1 Å². The smallest absolute Gasteiger partial charge is 0.258 e. The number of nitrogen functional groups attached to an aromatic ring is 1. The molecule has 0 bridgehead atoms. The van der Waals surface area contributed by atoms with Gasteiger partial charge < -0.3 is 10.6 Å². The third kappa shape index (κ3) is 1.99. The molecule has 5 heteroatoms. The number of aromatic nitrogens is 2. The average molecular weight is 230 g/mol. The van der Waals surface area contributed by atoms with Crippen LogP contribution in [0.4, 0.5) is 5.82 Å². The molecule has 0 spiro atoms. The lowest BCUT2D eigenvalue weighted by atomic mass is 10.3. The summed E-state index contributed by atoms with van der Waals surface area (Å²) in [5.74, 6) is 0.208. The van der Waals surface area contributed by atoms with Crippen LogP contribution >= 0.6 is 0 Å². The molecule has 17 heavy (non-hydrogen) atoms. The molecule has 0 aliphatic heterocycles.